The van der Waals surface area contributed by atoms with Crippen molar-refractivity contribution in [2.45, 2.75) is 20.0 Å². The summed E-state index contributed by atoms with van der Waals surface area (Å²) in [4.78, 5) is 27.7. The van der Waals surface area contributed by atoms with E-state index in [1.54, 1.807) is 26.0 Å². The third-order valence-corrected chi connectivity index (χ3v) is 6.63. The normalized spacial score (nSPS) is 11.5. The van der Waals surface area contributed by atoms with E-state index in [0.29, 0.717) is 22.9 Å². The summed E-state index contributed by atoms with van der Waals surface area (Å²) in [5, 5.41) is 16.2. The first-order valence-electron chi connectivity index (χ1n) is 11.9. The molecule has 196 valence electrons. The molecule has 1 amide bonds. The summed E-state index contributed by atoms with van der Waals surface area (Å²) in [5.41, 5.74) is 5.78. The molecule has 2 N–H and O–H groups in total. The summed E-state index contributed by atoms with van der Waals surface area (Å²) in [5.74, 6) is -0.212. The lowest BCUT2D eigenvalue weighted by atomic mass is 10.0. The zero-order valence-corrected chi connectivity index (χ0v) is 21.8. The second-order valence-electron chi connectivity index (χ2n) is 8.55. The molecule has 0 fully saturated rings. The van der Waals surface area contributed by atoms with Crippen molar-refractivity contribution < 1.29 is 28.7 Å². The molecule has 10 heteroatoms. The molecule has 3 aromatic carbocycles. The molecule has 1 atom stereocenters. The number of hydrogen-bond acceptors (Lipinski definition) is 8. The predicted molar refractivity (Wildman–Crippen MR) is 146 cm³/mol. The average Bonchev–Trinajstić information content (AvgIpc) is 3.56. The molecular weight excluding hydrogens is 518 g/mol. The van der Waals surface area contributed by atoms with Crippen molar-refractivity contribution in [3.63, 3.8) is 0 Å². The minimum absolute atomic E-state index is 0.116. The summed E-state index contributed by atoms with van der Waals surface area (Å²) in [6.45, 7) is 3.55. The van der Waals surface area contributed by atoms with Gasteiger partial charge in [0.2, 0.25) is 10.8 Å². The molecule has 0 bridgehead atoms. The third-order valence-electron chi connectivity index (χ3n) is 5.93. The number of nitrogens with one attached hydrogen (secondary N) is 1. The number of amides is 1. The SMILES string of the molecule is Cc1noc(-c2ccc(-c3ccc(Oc4scnc4C(=O)O)cc3)cc2)c1NC(=O)OC(C)c1ccccc1. The average molecular weight is 542 g/mol. The van der Waals surface area contributed by atoms with Crippen LogP contribution in [0.4, 0.5) is 10.5 Å². The number of thiazole rings is 1. The number of rotatable bonds is 8. The van der Waals surface area contributed by atoms with Crippen LogP contribution < -0.4 is 10.1 Å². The van der Waals surface area contributed by atoms with Crippen molar-refractivity contribution in [1.82, 2.24) is 10.1 Å². The molecule has 0 saturated heterocycles. The van der Waals surface area contributed by atoms with E-state index in [9.17, 15) is 14.7 Å². The van der Waals surface area contributed by atoms with Gasteiger partial charge in [0.15, 0.2) is 5.76 Å². The third kappa shape index (κ3) is 5.81. The van der Waals surface area contributed by atoms with Crippen molar-refractivity contribution >= 4 is 29.1 Å². The summed E-state index contributed by atoms with van der Waals surface area (Å²) in [6.07, 6.45) is -1.03. The lowest BCUT2D eigenvalue weighted by molar-refractivity contribution is 0.0688. The van der Waals surface area contributed by atoms with Crippen LogP contribution >= 0.6 is 11.3 Å². The van der Waals surface area contributed by atoms with Gasteiger partial charge in [0.1, 0.15) is 23.2 Å². The predicted octanol–water partition coefficient (Wildman–Crippen LogP) is 7.57. The van der Waals surface area contributed by atoms with Crippen molar-refractivity contribution in [2.24, 2.45) is 0 Å². The Hall–Kier alpha value is -4.96. The Bertz CT molecular complexity index is 1590. The minimum Gasteiger partial charge on any atom is -0.476 e. The molecule has 5 rings (SSSR count). The Morgan fingerprint density at radius 2 is 1.59 bits per heavy atom. The molecule has 2 aromatic heterocycles. The van der Waals surface area contributed by atoms with Crippen LogP contribution in [0.15, 0.2) is 88.9 Å². The Balaban J connectivity index is 1.27. The highest BCUT2D eigenvalue weighted by Gasteiger charge is 2.20. The molecular formula is C29H23N3O6S. The van der Waals surface area contributed by atoms with Crippen LogP contribution in [0.1, 0.15) is 34.8 Å². The smallest absolute Gasteiger partial charge is 0.412 e. The van der Waals surface area contributed by atoms with Crippen molar-refractivity contribution in [3.8, 4) is 33.3 Å². The van der Waals surface area contributed by atoms with Gasteiger partial charge in [-0.1, -0.05) is 83.2 Å². The number of anilines is 1. The maximum Gasteiger partial charge on any atom is 0.412 e. The van der Waals surface area contributed by atoms with E-state index < -0.39 is 18.2 Å². The topological polar surface area (TPSA) is 124 Å². The van der Waals surface area contributed by atoms with E-state index in [1.807, 2.05) is 66.7 Å². The number of carbonyl (C=O) groups excluding carboxylic acids is 1. The fourth-order valence-electron chi connectivity index (χ4n) is 3.89. The Morgan fingerprint density at radius 3 is 2.26 bits per heavy atom. The highest BCUT2D eigenvalue weighted by Crippen LogP contribution is 2.34. The van der Waals surface area contributed by atoms with E-state index in [4.69, 9.17) is 14.0 Å². The fourth-order valence-corrected chi connectivity index (χ4v) is 4.53. The van der Waals surface area contributed by atoms with E-state index in [2.05, 4.69) is 15.5 Å². The number of benzene rings is 3. The molecule has 0 saturated carbocycles. The van der Waals surface area contributed by atoms with Gasteiger partial charge in [-0.25, -0.2) is 14.6 Å². The molecule has 0 aliphatic rings. The summed E-state index contributed by atoms with van der Waals surface area (Å²) < 4.78 is 16.7. The quantitative estimate of drug-likeness (QED) is 0.206. The van der Waals surface area contributed by atoms with E-state index >= 15 is 0 Å². The van der Waals surface area contributed by atoms with Gasteiger partial charge in [-0.3, -0.25) is 5.32 Å². The molecule has 0 aliphatic heterocycles. The number of aryl methyl sites for hydroxylation is 1. The maximum atomic E-state index is 12.6. The van der Waals surface area contributed by atoms with Gasteiger partial charge in [0, 0.05) is 5.56 Å². The summed E-state index contributed by atoms with van der Waals surface area (Å²) >= 11 is 1.12. The number of aromatic nitrogens is 2. The molecule has 0 spiro atoms. The second-order valence-corrected chi connectivity index (χ2v) is 9.37. The summed E-state index contributed by atoms with van der Waals surface area (Å²) in [6, 6.07) is 24.3. The molecule has 0 radical (unpaired) electrons. The monoisotopic (exact) mass is 541 g/mol. The zero-order valence-electron chi connectivity index (χ0n) is 21.0. The van der Waals surface area contributed by atoms with Crippen molar-refractivity contribution in [1.29, 1.82) is 0 Å². The number of aromatic carboxylic acids is 1. The van der Waals surface area contributed by atoms with Gasteiger partial charge in [-0.05, 0) is 42.7 Å². The number of carboxylic acid groups (broad SMARTS) is 1. The first kappa shape index (κ1) is 25.7. The van der Waals surface area contributed by atoms with E-state index in [0.717, 1.165) is 33.6 Å². The molecule has 5 aromatic rings. The first-order valence-corrected chi connectivity index (χ1v) is 12.8. The highest BCUT2D eigenvalue weighted by molar-refractivity contribution is 7.11. The molecule has 39 heavy (non-hydrogen) atoms. The van der Waals surface area contributed by atoms with Crippen LogP contribution in [0.3, 0.4) is 0 Å². The van der Waals surface area contributed by atoms with E-state index in [-0.39, 0.29) is 10.8 Å². The van der Waals surface area contributed by atoms with Gasteiger partial charge in [-0.15, -0.1) is 0 Å². The van der Waals surface area contributed by atoms with Crippen LogP contribution in [0.25, 0.3) is 22.5 Å². The van der Waals surface area contributed by atoms with Gasteiger partial charge in [0.25, 0.3) is 0 Å². The molecule has 0 aliphatic carbocycles. The van der Waals surface area contributed by atoms with Gasteiger partial charge in [-0.2, -0.15) is 0 Å². The van der Waals surface area contributed by atoms with Crippen molar-refractivity contribution in [2.75, 3.05) is 5.32 Å². The number of ether oxygens (including phenoxy) is 2. The Kier molecular flexibility index (Phi) is 7.37. The van der Waals surface area contributed by atoms with Crippen LogP contribution in [-0.2, 0) is 4.74 Å². The number of carbonyl (C=O) groups is 2. The Labute approximate surface area is 227 Å². The molecule has 2 heterocycles. The zero-order chi connectivity index (χ0) is 27.4. The highest BCUT2D eigenvalue weighted by atomic mass is 32.1. The standard InChI is InChI=1S/C29H23N3O6S/c1-17-24(31-29(35)36-18(2)19-6-4-3-5-7-19)26(38-32-17)22-10-8-20(9-11-22)21-12-14-23(15-13-21)37-28-25(27(33)34)30-16-39-28/h3-16,18H,1-2H3,(H,31,35)(H,33,34). The molecule has 9 nitrogen and oxygen atoms in total. The summed E-state index contributed by atoms with van der Waals surface area (Å²) in [7, 11) is 0. The second kappa shape index (κ2) is 11.2. The van der Waals surface area contributed by atoms with Crippen LogP contribution in [0, 0.1) is 6.92 Å². The largest absolute Gasteiger partial charge is 0.476 e. The number of carboxylic acids is 1. The van der Waals surface area contributed by atoms with E-state index in [1.165, 1.54) is 5.51 Å². The van der Waals surface area contributed by atoms with Crippen molar-refractivity contribution in [3.05, 3.63) is 101 Å². The van der Waals surface area contributed by atoms with Gasteiger partial charge >= 0.3 is 12.1 Å². The first-order chi connectivity index (χ1) is 18.9. The van der Waals surface area contributed by atoms with Crippen LogP contribution in [-0.4, -0.2) is 27.3 Å². The lowest BCUT2D eigenvalue weighted by Gasteiger charge is -2.14. The number of hydrogen-bond donors (Lipinski definition) is 2. The van der Waals surface area contributed by atoms with Gasteiger partial charge in [0.05, 0.1) is 5.51 Å². The van der Waals surface area contributed by atoms with Gasteiger partial charge < -0.3 is 19.1 Å². The van der Waals surface area contributed by atoms with Crippen LogP contribution in [0.5, 0.6) is 10.8 Å². The fraction of sp³-hybridized carbons (Fsp3) is 0.103. The van der Waals surface area contributed by atoms with Crippen LogP contribution in [0.2, 0.25) is 0 Å². The number of nitrogens with zero attached hydrogens (tertiary/aromatic N) is 2. The minimum atomic E-state index is -1.14. The maximum absolute atomic E-state index is 12.6. The molecule has 1 unspecified atom stereocenters. The lowest BCUT2D eigenvalue weighted by Crippen LogP contribution is -2.16. The Morgan fingerprint density at radius 1 is 0.949 bits per heavy atom.